The maximum absolute atomic E-state index is 2.39. The van der Waals surface area contributed by atoms with Crippen molar-refractivity contribution in [2.75, 3.05) is 4.90 Å². The zero-order valence-corrected chi connectivity index (χ0v) is 22.5. The van der Waals surface area contributed by atoms with Crippen LogP contribution in [0.3, 0.4) is 0 Å². The van der Waals surface area contributed by atoms with Crippen molar-refractivity contribution in [3.8, 4) is 44.5 Å². The minimum atomic E-state index is 1.14. The lowest BCUT2D eigenvalue weighted by Crippen LogP contribution is -2.10. The molecule has 192 valence electrons. The normalized spacial score (nSPS) is 11.4. The van der Waals surface area contributed by atoms with Gasteiger partial charge in [0.2, 0.25) is 0 Å². The maximum atomic E-state index is 2.39. The third kappa shape index (κ3) is 3.78. The van der Waals surface area contributed by atoms with Crippen LogP contribution in [0.4, 0.5) is 17.1 Å². The highest BCUT2D eigenvalue weighted by molar-refractivity contribution is 6.25. The van der Waals surface area contributed by atoms with Crippen LogP contribution >= 0.6 is 0 Å². The van der Waals surface area contributed by atoms with Gasteiger partial charge >= 0.3 is 0 Å². The fourth-order valence-electron chi connectivity index (χ4n) is 6.42. The van der Waals surface area contributed by atoms with Crippen molar-refractivity contribution in [2.24, 2.45) is 0 Å². The summed E-state index contributed by atoms with van der Waals surface area (Å²) in [7, 11) is 0. The minimum Gasteiger partial charge on any atom is -0.310 e. The Morgan fingerprint density at radius 1 is 0.293 bits per heavy atom. The molecule has 0 radical (unpaired) electrons. The highest BCUT2D eigenvalue weighted by Crippen LogP contribution is 2.59. The van der Waals surface area contributed by atoms with Gasteiger partial charge < -0.3 is 4.90 Å². The number of hydrogen-bond donors (Lipinski definition) is 0. The van der Waals surface area contributed by atoms with Crippen LogP contribution in [0, 0.1) is 0 Å². The summed E-state index contributed by atoms with van der Waals surface area (Å²) in [6.07, 6.45) is 0. The van der Waals surface area contributed by atoms with Gasteiger partial charge in [0.05, 0.1) is 0 Å². The lowest BCUT2D eigenvalue weighted by atomic mass is 9.70. The first-order chi connectivity index (χ1) is 20.4. The van der Waals surface area contributed by atoms with E-state index in [2.05, 4.69) is 169 Å². The molecule has 8 rings (SSSR count). The summed E-state index contributed by atoms with van der Waals surface area (Å²) >= 11 is 0. The summed E-state index contributed by atoms with van der Waals surface area (Å²) in [4.78, 5) is 2.35. The molecule has 0 fully saturated rings. The molecule has 0 amide bonds. The second kappa shape index (κ2) is 9.66. The van der Waals surface area contributed by atoms with Crippen molar-refractivity contribution in [1.29, 1.82) is 0 Å². The number of benzene rings is 7. The molecule has 0 aromatic heterocycles. The zero-order chi connectivity index (χ0) is 27.2. The first kappa shape index (κ1) is 23.5. The van der Waals surface area contributed by atoms with Gasteiger partial charge in [0.15, 0.2) is 0 Å². The second-order valence-corrected chi connectivity index (χ2v) is 10.5. The quantitative estimate of drug-likeness (QED) is 0.218. The number of anilines is 3. The van der Waals surface area contributed by atoms with Gasteiger partial charge in [-0.05, 0) is 91.7 Å². The molecule has 1 nitrogen and oxygen atoms in total. The van der Waals surface area contributed by atoms with Crippen LogP contribution in [-0.4, -0.2) is 0 Å². The lowest BCUT2D eigenvalue weighted by molar-refractivity contribution is 1.29. The Balaban J connectivity index is 1.49. The average molecular weight is 522 g/mol. The first-order valence-corrected chi connectivity index (χ1v) is 14.1. The van der Waals surface area contributed by atoms with E-state index in [-0.39, 0.29) is 0 Å². The monoisotopic (exact) mass is 521 g/mol. The van der Waals surface area contributed by atoms with Gasteiger partial charge in [-0.15, -0.1) is 0 Å². The van der Waals surface area contributed by atoms with Crippen molar-refractivity contribution >= 4 is 27.8 Å². The van der Waals surface area contributed by atoms with Gasteiger partial charge in [-0.25, -0.2) is 0 Å². The molecule has 1 aliphatic rings. The SMILES string of the molecule is c1ccc(-c2c3c(c(-c4ccccc4)c4cc(N(c5ccccc5)c5ccccc5)ccc24)-c2ccccc2-3)cc1. The average Bonchev–Trinajstić information content (AvgIpc) is 3.05. The number of para-hydroxylation sites is 2. The van der Waals surface area contributed by atoms with Crippen LogP contribution < -0.4 is 4.90 Å². The third-order valence-electron chi connectivity index (χ3n) is 8.17. The summed E-state index contributed by atoms with van der Waals surface area (Å²) in [6.45, 7) is 0. The van der Waals surface area contributed by atoms with Crippen molar-refractivity contribution < 1.29 is 0 Å². The van der Waals surface area contributed by atoms with Crippen LogP contribution in [0.2, 0.25) is 0 Å². The minimum absolute atomic E-state index is 1.14. The van der Waals surface area contributed by atoms with E-state index in [1.54, 1.807) is 0 Å². The standard InChI is InChI=1S/C40H27N/c1-5-15-28(16-6-1)37-35-26-25-32(41(30-19-9-3-10-20-30)31-21-11-4-12-22-31)27-36(35)38(29-17-7-2-8-18-29)40-34-24-14-13-23-33(34)39(37)40/h1-27H. The van der Waals surface area contributed by atoms with Crippen molar-refractivity contribution in [1.82, 2.24) is 0 Å². The Hall–Kier alpha value is -5.40. The Kier molecular flexibility index (Phi) is 5.53. The molecule has 7 aromatic carbocycles. The van der Waals surface area contributed by atoms with E-state index in [0.717, 1.165) is 17.1 Å². The van der Waals surface area contributed by atoms with E-state index in [1.165, 1.54) is 55.3 Å². The molecule has 0 heterocycles. The fourth-order valence-corrected chi connectivity index (χ4v) is 6.42. The largest absolute Gasteiger partial charge is 0.310 e. The van der Waals surface area contributed by atoms with Gasteiger partial charge in [0, 0.05) is 17.1 Å². The van der Waals surface area contributed by atoms with Crippen molar-refractivity contribution in [2.45, 2.75) is 0 Å². The summed E-state index contributed by atoms with van der Waals surface area (Å²) in [5.74, 6) is 0. The van der Waals surface area contributed by atoms with E-state index in [1.807, 2.05) is 0 Å². The number of hydrogen-bond acceptors (Lipinski definition) is 1. The lowest BCUT2D eigenvalue weighted by Gasteiger charge is -2.33. The molecule has 0 aliphatic heterocycles. The molecule has 7 aromatic rings. The van der Waals surface area contributed by atoms with Crippen LogP contribution in [0.1, 0.15) is 0 Å². The summed E-state index contributed by atoms with van der Waals surface area (Å²) in [5.41, 5.74) is 13.9. The first-order valence-electron chi connectivity index (χ1n) is 14.1. The number of fused-ring (bicyclic) bond motifs is 5. The van der Waals surface area contributed by atoms with E-state index >= 15 is 0 Å². The molecule has 1 heteroatoms. The molecule has 0 bridgehead atoms. The predicted molar refractivity (Wildman–Crippen MR) is 174 cm³/mol. The van der Waals surface area contributed by atoms with E-state index in [4.69, 9.17) is 0 Å². The van der Waals surface area contributed by atoms with Gasteiger partial charge in [0.1, 0.15) is 0 Å². The van der Waals surface area contributed by atoms with Gasteiger partial charge in [0.25, 0.3) is 0 Å². The summed E-state index contributed by atoms with van der Waals surface area (Å²) in [5, 5.41) is 2.53. The van der Waals surface area contributed by atoms with Crippen molar-refractivity contribution in [3.63, 3.8) is 0 Å². The van der Waals surface area contributed by atoms with Gasteiger partial charge in [-0.3, -0.25) is 0 Å². The molecule has 41 heavy (non-hydrogen) atoms. The van der Waals surface area contributed by atoms with Gasteiger partial charge in [-0.1, -0.05) is 127 Å². The number of nitrogens with zero attached hydrogens (tertiary/aromatic N) is 1. The van der Waals surface area contributed by atoms with Crippen LogP contribution in [0.25, 0.3) is 55.3 Å². The molecule has 0 saturated carbocycles. The smallest absolute Gasteiger partial charge is 0.0468 e. The second-order valence-electron chi connectivity index (χ2n) is 10.5. The molecule has 0 saturated heterocycles. The van der Waals surface area contributed by atoms with Crippen LogP contribution in [0.5, 0.6) is 0 Å². The number of rotatable bonds is 5. The molecule has 0 spiro atoms. The predicted octanol–water partition coefficient (Wildman–Crippen LogP) is 11.3. The Labute approximate surface area is 240 Å². The van der Waals surface area contributed by atoms with Gasteiger partial charge in [-0.2, -0.15) is 0 Å². The molecular weight excluding hydrogens is 494 g/mol. The van der Waals surface area contributed by atoms with Crippen molar-refractivity contribution in [3.05, 3.63) is 164 Å². The zero-order valence-electron chi connectivity index (χ0n) is 22.5. The molecule has 0 unspecified atom stereocenters. The molecule has 0 atom stereocenters. The third-order valence-corrected chi connectivity index (χ3v) is 8.17. The van der Waals surface area contributed by atoms with E-state index in [0.29, 0.717) is 0 Å². The van der Waals surface area contributed by atoms with Crippen LogP contribution in [-0.2, 0) is 0 Å². The highest BCUT2D eigenvalue weighted by Gasteiger charge is 2.32. The summed E-state index contributed by atoms with van der Waals surface area (Å²) in [6, 6.07) is 58.9. The fraction of sp³-hybridized carbons (Fsp3) is 0. The highest BCUT2D eigenvalue weighted by atomic mass is 15.1. The Morgan fingerprint density at radius 2 is 0.707 bits per heavy atom. The van der Waals surface area contributed by atoms with Crippen LogP contribution in [0.15, 0.2) is 164 Å². The maximum Gasteiger partial charge on any atom is 0.0468 e. The van der Waals surface area contributed by atoms with E-state index in [9.17, 15) is 0 Å². The van der Waals surface area contributed by atoms with E-state index < -0.39 is 0 Å². The molecular formula is C40H27N. The summed E-state index contributed by atoms with van der Waals surface area (Å²) < 4.78 is 0. The molecule has 1 aliphatic carbocycles. The topological polar surface area (TPSA) is 3.24 Å². The molecule has 0 N–H and O–H groups in total. The Bertz CT molecular complexity index is 1970. The Morgan fingerprint density at radius 3 is 1.20 bits per heavy atom.